The lowest BCUT2D eigenvalue weighted by Gasteiger charge is -2.21. The lowest BCUT2D eigenvalue weighted by Crippen LogP contribution is -2.45. The number of nitrogens with one attached hydrogen (secondary N) is 2. The monoisotopic (exact) mass is 404 g/mol. The molecule has 1 aliphatic rings. The predicted molar refractivity (Wildman–Crippen MR) is 110 cm³/mol. The molecule has 3 N–H and O–H groups in total. The smallest absolute Gasteiger partial charge is 0.191 e. The zero-order valence-electron chi connectivity index (χ0n) is 16.6. The number of phenols is 1. The van der Waals surface area contributed by atoms with Gasteiger partial charge in [-0.15, -0.1) is 0 Å². The van der Waals surface area contributed by atoms with Gasteiger partial charge in [0, 0.05) is 38.8 Å². The number of phenolic OH excluding ortho intramolecular Hbond substituents is 1. The number of nitrogens with zero attached hydrogens (tertiary/aromatic N) is 2. The van der Waals surface area contributed by atoms with Crippen molar-refractivity contribution < 1.29 is 18.6 Å². The van der Waals surface area contributed by atoms with Crippen LogP contribution in [0.2, 0.25) is 0 Å². The number of halogens is 2. The largest absolute Gasteiger partial charge is 0.508 e. The second kappa shape index (κ2) is 9.45. The van der Waals surface area contributed by atoms with Gasteiger partial charge in [-0.25, -0.2) is 8.78 Å². The molecule has 1 atom stereocenters. The van der Waals surface area contributed by atoms with Crippen LogP contribution < -0.4 is 20.3 Å². The molecule has 0 aliphatic carbocycles. The number of benzene rings is 2. The zero-order valence-corrected chi connectivity index (χ0v) is 16.6. The molecule has 6 nitrogen and oxygen atoms in total. The van der Waals surface area contributed by atoms with E-state index in [0.29, 0.717) is 37.8 Å². The molecule has 8 heteroatoms. The molecular formula is C21H26F2N4O2. The van der Waals surface area contributed by atoms with Crippen LogP contribution in [0.15, 0.2) is 41.4 Å². The predicted octanol–water partition coefficient (Wildman–Crippen LogP) is 2.67. The van der Waals surface area contributed by atoms with Crippen molar-refractivity contribution >= 4 is 11.6 Å². The van der Waals surface area contributed by atoms with Crippen LogP contribution in [0, 0.1) is 11.6 Å². The van der Waals surface area contributed by atoms with E-state index in [2.05, 4.69) is 15.6 Å². The van der Waals surface area contributed by atoms with Crippen LogP contribution in [0.25, 0.3) is 0 Å². The maximum atomic E-state index is 14.0. The van der Waals surface area contributed by atoms with E-state index in [1.165, 1.54) is 18.2 Å². The molecule has 1 heterocycles. The molecule has 1 saturated heterocycles. The first-order valence-electron chi connectivity index (χ1n) is 9.54. The third-order valence-corrected chi connectivity index (χ3v) is 4.99. The van der Waals surface area contributed by atoms with Gasteiger partial charge in [0.2, 0.25) is 0 Å². The van der Waals surface area contributed by atoms with E-state index >= 15 is 0 Å². The molecule has 0 amide bonds. The highest BCUT2D eigenvalue weighted by atomic mass is 19.1. The SMILES string of the molecule is CN=C(NCCc1ccc(OC)cc1O)NC1CCN(c2c(F)cccc2F)C1. The van der Waals surface area contributed by atoms with Crippen molar-refractivity contribution in [3.05, 3.63) is 53.6 Å². The van der Waals surface area contributed by atoms with E-state index in [0.717, 1.165) is 12.0 Å². The third-order valence-electron chi connectivity index (χ3n) is 4.99. The lowest BCUT2D eigenvalue weighted by atomic mass is 10.1. The summed E-state index contributed by atoms with van der Waals surface area (Å²) in [6.07, 6.45) is 1.35. The summed E-state index contributed by atoms with van der Waals surface area (Å²) in [4.78, 5) is 5.92. The number of ether oxygens (including phenoxy) is 1. The van der Waals surface area contributed by atoms with Gasteiger partial charge in [0.1, 0.15) is 28.8 Å². The Bertz CT molecular complexity index is 856. The Labute approximate surface area is 169 Å². The highest BCUT2D eigenvalue weighted by Crippen LogP contribution is 2.27. The molecule has 0 aromatic heterocycles. The van der Waals surface area contributed by atoms with Gasteiger partial charge < -0.3 is 25.4 Å². The fraction of sp³-hybridized carbons (Fsp3) is 0.381. The van der Waals surface area contributed by atoms with E-state index in [-0.39, 0.29) is 17.5 Å². The number of hydrogen-bond donors (Lipinski definition) is 3. The van der Waals surface area contributed by atoms with Crippen molar-refractivity contribution in [2.75, 3.05) is 38.7 Å². The number of para-hydroxylation sites is 1. The minimum absolute atomic E-state index is 0.0228. The molecular weight excluding hydrogens is 378 g/mol. The molecule has 2 aromatic rings. The van der Waals surface area contributed by atoms with Gasteiger partial charge >= 0.3 is 0 Å². The summed E-state index contributed by atoms with van der Waals surface area (Å²) in [5.74, 6) is 0.306. The Morgan fingerprint density at radius 3 is 2.69 bits per heavy atom. The number of aromatic hydroxyl groups is 1. The quantitative estimate of drug-likeness (QED) is 0.510. The Morgan fingerprint density at radius 2 is 2.03 bits per heavy atom. The number of methoxy groups -OCH3 is 1. The number of anilines is 1. The van der Waals surface area contributed by atoms with Gasteiger partial charge in [-0.3, -0.25) is 4.99 Å². The molecule has 0 spiro atoms. The van der Waals surface area contributed by atoms with Crippen molar-refractivity contribution in [2.24, 2.45) is 4.99 Å². The number of guanidine groups is 1. The van der Waals surface area contributed by atoms with Gasteiger partial charge in [0.15, 0.2) is 5.96 Å². The number of aliphatic imine (C=N–C) groups is 1. The van der Waals surface area contributed by atoms with Gasteiger partial charge in [-0.2, -0.15) is 0 Å². The van der Waals surface area contributed by atoms with E-state index in [1.807, 2.05) is 6.07 Å². The van der Waals surface area contributed by atoms with Crippen LogP contribution in [0.4, 0.5) is 14.5 Å². The van der Waals surface area contributed by atoms with E-state index in [1.54, 1.807) is 31.2 Å². The van der Waals surface area contributed by atoms with Crippen LogP contribution in [-0.2, 0) is 6.42 Å². The van der Waals surface area contributed by atoms with Crippen molar-refractivity contribution in [3.63, 3.8) is 0 Å². The van der Waals surface area contributed by atoms with Crippen molar-refractivity contribution in [3.8, 4) is 11.5 Å². The third kappa shape index (κ3) is 5.07. The first-order valence-corrected chi connectivity index (χ1v) is 9.54. The van der Waals surface area contributed by atoms with E-state index in [4.69, 9.17) is 4.74 Å². The Hall–Kier alpha value is -3.03. The molecule has 1 fully saturated rings. The molecule has 0 radical (unpaired) electrons. The highest BCUT2D eigenvalue weighted by Gasteiger charge is 2.27. The summed E-state index contributed by atoms with van der Waals surface area (Å²) in [6.45, 7) is 1.61. The van der Waals surface area contributed by atoms with Crippen LogP contribution in [-0.4, -0.2) is 50.9 Å². The van der Waals surface area contributed by atoms with Crippen LogP contribution >= 0.6 is 0 Å². The second-order valence-electron chi connectivity index (χ2n) is 6.89. The van der Waals surface area contributed by atoms with Crippen LogP contribution in [0.3, 0.4) is 0 Å². The summed E-state index contributed by atoms with van der Waals surface area (Å²) in [5, 5.41) is 16.5. The molecule has 1 unspecified atom stereocenters. The average Bonchev–Trinajstić information content (AvgIpc) is 3.16. The Balaban J connectivity index is 1.51. The molecule has 3 rings (SSSR count). The van der Waals surface area contributed by atoms with Crippen molar-refractivity contribution in [1.82, 2.24) is 10.6 Å². The van der Waals surface area contributed by atoms with Crippen molar-refractivity contribution in [1.29, 1.82) is 0 Å². The minimum atomic E-state index is -0.549. The normalized spacial score (nSPS) is 16.8. The van der Waals surface area contributed by atoms with Crippen molar-refractivity contribution in [2.45, 2.75) is 18.9 Å². The second-order valence-corrected chi connectivity index (χ2v) is 6.89. The topological polar surface area (TPSA) is 69.1 Å². The van der Waals surface area contributed by atoms with E-state index < -0.39 is 11.6 Å². The summed E-state index contributed by atoms with van der Waals surface area (Å²) >= 11 is 0. The van der Waals surface area contributed by atoms with Crippen LogP contribution in [0.1, 0.15) is 12.0 Å². The fourth-order valence-corrected chi connectivity index (χ4v) is 3.46. The molecule has 156 valence electrons. The summed E-state index contributed by atoms with van der Waals surface area (Å²) in [6, 6.07) is 9.14. The Kier molecular flexibility index (Phi) is 6.74. The molecule has 29 heavy (non-hydrogen) atoms. The molecule has 2 aromatic carbocycles. The minimum Gasteiger partial charge on any atom is -0.508 e. The maximum Gasteiger partial charge on any atom is 0.191 e. The van der Waals surface area contributed by atoms with Gasteiger partial charge in [-0.1, -0.05) is 12.1 Å². The summed E-state index contributed by atoms with van der Waals surface area (Å²) in [5.41, 5.74) is 0.825. The van der Waals surface area contributed by atoms with E-state index in [9.17, 15) is 13.9 Å². The first-order chi connectivity index (χ1) is 14.0. The van der Waals surface area contributed by atoms with Gasteiger partial charge in [0.25, 0.3) is 0 Å². The Morgan fingerprint density at radius 1 is 1.28 bits per heavy atom. The molecule has 1 aliphatic heterocycles. The summed E-state index contributed by atoms with van der Waals surface area (Å²) < 4.78 is 33.1. The molecule has 0 saturated carbocycles. The highest BCUT2D eigenvalue weighted by molar-refractivity contribution is 5.80. The van der Waals surface area contributed by atoms with Gasteiger partial charge in [0.05, 0.1) is 7.11 Å². The van der Waals surface area contributed by atoms with Gasteiger partial charge in [-0.05, 0) is 36.6 Å². The number of hydrogen-bond acceptors (Lipinski definition) is 4. The number of rotatable bonds is 6. The first kappa shape index (κ1) is 20.7. The zero-order chi connectivity index (χ0) is 20.8. The standard InChI is InChI=1S/C21H26F2N4O2/c1-24-21(25-10-8-14-6-7-16(29-2)12-19(14)28)26-15-9-11-27(13-15)20-17(22)4-3-5-18(20)23/h3-7,12,15,28H,8-11,13H2,1-2H3,(H2,24,25,26). The van der Waals surface area contributed by atoms with Crippen LogP contribution in [0.5, 0.6) is 11.5 Å². The average molecular weight is 404 g/mol. The lowest BCUT2D eigenvalue weighted by molar-refractivity contribution is 0.406. The summed E-state index contributed by atoms with van der Waals surface area (Å²) in [7, 11) is 3.22. The fourth-order valence-electron chi connectivity index (χ4n) is 3.46. The maximum absolute atomic E-state index is 14.0. The molecule has 0 bridgehead atoms.